The Hall–Kier alpha value is -1.53. The maximum atomic E-state index is 11.1. The van der Waals surface area contributed by atoms with Crippen LogP contribution in [0.5, 0.6) is 0 Å². The first-order valence-electron chi connectivity index (χ1n) is 5.17. The lowest BCUT2D eigenvalue weighted by atomic mass is 10.1. The lowest BCUT2D eigenvalue weighted by molar-refractivity contribution is 0.0698. The molecular weight excluding hydrogens is 316 g/mol. The fraction of sp³-hybridized carbons (Fsp3) is 0.0833. The summed E-state index contributed by atoms with van der Waals surface area (Å²) in [5.74, 6) is -0.989. The summed E-state index contributed by atoms with van der Waals surface area (Å²) < 4.78 is 1.05. The topological polar surface area (TPSA) is 75.3 Å². The van der Waals surface area contributed by atoms with Crippen molar-refractivity contribution in [1.82, 2.24) is 0 Å². The number of nitrogens with one attached hydrogen (secondary N) is 1. The molecule has 2 rings (SSSR count). The Balaban J connectivity index is 2.16. The molecule has 2 aromatic rings. The van der Waals surface area contributed by atoms with Gasteiger partial charge in [0.2, 0.25) is 0 Å². The van der Waals surface area contributed by atoms with Crippen LogP contribution in [0.25, 0.3) is 0 Å². The first-order valence-corrected chi connectivity index (χ1v) is 6.78. The van der Waals surface area contributed by atoms with Crippen molar-refractivity contribution >= 4 is 44.6 Å². The van der Waals surface area contributed by atoms with Crippen LogP contribution in [0.15, 0.2) is 34.1 Å². The number of halogens is 1. The van der Waals surface area contributed by atoms with Gasteiger partial charge in [-0.2, -0.15) is 0 Å². The lowest BCUT2D eigenvalue weighted by Gasteiger charge is -2.09. The zero-order valence-electron chi connectivity index (χ0n) is 9.31. The Labute approximate surface area is 117 Å². The molecule has 0 fully saturated rings. The summed E-state index contributed by atoms with van der Waals surface area (Å²) in [6, 6.07) is 8.76. The van der Waals surface area contributed by atoms with Crippen LogP contribution in [0.2, 0.25) is 0 Å². The van der Waals surface area contributed by atoms with Crippen LogP contribution in [0.1, 0.15) is 15.2 Å². The molecule has 0 unspecified atom stereocenters. The molecule has 0 atom stereocenters. The number of carboxylic acid groups (broad SMARTS) is 1. The number of nitrogen functional groups attached to an aromatic ring is 1. The summed E-state index contributed by atoms with van der Waals surface area (Å²) in [5, 5.41) is 12.2. The van der Waals surface area contributed by atoms with Crippen LogP contribution in [-0.2, 0) is 6.54 Å². The first kappa shape index (κ1) is 12.9. The van der Waals surface area contributed by atoms with Crippen LogP contribution >= 0.6 is 27.3 Å². The molecule has 18 heavy (non-hydrogen) atoms. The van der Waals surface area contributed by atoms with Crippen LogP contribution in [0.4, 0.5) is 11.4 Å². The maximum absolute atomic E-state index is 11.1. The normalized spacial score (nSPS) is 10.3. The minimum atomic E-state index is -0.989. The molecule has 4 N–H and O–H groups in total. The van der Waals surface area contributed by atoms with Gasteiger partial charge in [-0.3, -0.25) is 0 Å². The number of anilines is 2. The van der Waals surface area contributed by atoms with Gasteiger partial charge < -0.3 is 16.2 Å². The van der Waals surface area contributed by atoms with E-state index in [1.165, 1.54) is 6.07 Å². The molecule has 0 aliphatic heterocycles. The zero-order valence-corrected chi connectivity index (χ0v) is 11.7. The van der Waals surface area contributed by atoms with E-state index in [0.717, 1.165) is 8.66 Å². The third kappa shape index (κ3) is 3.02. The highest BCUT2D eigenvalue weighted by molar-refractivity contribution is 9.11. The minimum Gasteiger partial charge on any atom is -0.478 e. The third-order valence-corrected chi connectivity index (χ3v) is 3.98. The van der Waals surface area contributed by atoms with Crippen molar-refractivity contribution < 1.29 is 9.90 Å². The number of aromatic carboxylic acids is 1. The smallest absolute Gasteiger partial charge is 0.337 e. The molecule has 94 valence electrons. The monoisotopic (exact) mass is 326 g/mol. The molecule has 0 aliphatic carbocycles. The van der Waals surface area contributed by atoms with E-state index in [-0.39, 0.29) is 5.56 Å². The van der Waals surface area contributed by atoms with Gasteiger partial charge in [-0.25, -0.2) is 4.79 Å². The van der Waals surface area contributed by atoms with Gasteiger partial charge in [-0.1, -0.05) is 0 Å². The quantitative estimate of drug-likeness (QED) is 0.752. The maximum Gasteiger partial charge on any atom is 0.337 e. The van der Waals surface area contributed by atoms with Crippen molar-refractivity contribution in [1.29, 1.82) is 0 Å². The molecule has 1 aromatic carbocycles. The average Bonchev–Trinajstić information content (AvgIpc) is 2.73. The van der Waals surface area contributed by atoms with E-state index >= 15 is 0 Å². The summed E-state index contributed by atoms with van der Waals surface area (Å²) in [6.07, 6.45) is 0. The molecule has 1 heterocycles. The molecule has 0 spiro atoms. The van der Waals surface area contributed by atoms with Crippen molar-refractivity contribution in [3.05, 3.63) is 44.6 Å². The van der Waals surface area contributed by atoms with E-state index in [9.17, 15) is 4.79 Å². The number of carbonyl (C=O) groups is 1. The molecule has 0 bridgehead atoms. The van der Waals surface area contributed by atoms with Crippen molar-refractivity contribution in [2.24, 2.45) is 0 Å². The number of carboxylic acids is 1. The SMILES string of the molecule is Nc1ccc(NCc2ccc(Br)s2)c(C(=O)O)c1. The van der Waals surface area contributed by atoms with Crippen molar-refractivity contribution in [3.63, 3.8) is 0 Å². The second kappa shape index (κ2) is 5.41. The Morgan fingerprint density at radius 1 is 1.39 bits per heavy atom. The fourth-order valence-corrected chi connectivity index (χ4v) is 2.94. The number of hydrogen-bond acceptors (Lipinski definition) is 4. The van der Waals surface area contributed by atoms with Gasteiger partial charge in [-0.05, 0) is 46.3 Å². The van der Waals surface area contributed by atoms with E-state index in [2.05, 4.69) is 21.2 Å². The highest BCUT2D eigenvalue weighted by atomic mass is 79.9. The zero-order chi connectivity index (χ0) is 13.1. The molecule has 1 aromatic heterocycles. The second-order valence-electron chi connectivity index (χ2n) is 3.67. The largest absolute Gasteiger partial charge is 0.478 e. The predicted octanol–water partition coefficient (Wildman–Crippen LogP) is 3.40. The number of rotatable bonds is 4. The van der Waals surface area contributed by atoms with Crippen LogP contribution < -0.4 is 11.1 Å². The van der Waals surface area contributed by atoms with Gasteiger partial charge >= 0.3 is 5.97 Å². The number of thiophene rings is 1. The van der Waals surface area contributed by atoms with E-state index < -0.39 is 5.97 Å². The van der Waals surface area contributed by atoms with Gasteiger partial charge in [0.1, 0.15) is 0 Å². The number of nitrogens with two attached hydrogens (primary N) is 1. The number of hydrogen-bond donors (Lipinski definition) is 3. The molecule has 6 heteroatoms. The predicted molar refractivity (Wildman–Crippen MR) is 77.2 cm³/mol. The van der Waals surface area contributed by atoms with Crippen molar-refractivity contribution in [2.75, 3.05) is 11.1 Å². The van der Waals surface area contributed by atoms with E-state index in [0.29, 0.717) is 17.9 Å². The van der Waals surface area contributed by atoms with Crippen LogP contribution in [0.3, 0.4) is 0 Å². The highest BCUT2D eigenvalue weighted by Gasteiger charge is 2.10. The van der Waals surface area contributed by atoms with Crippen molar-refractivity contribution in [2.45, 2.75) is 6.54 Å². The second-order valence-corrected chi connectivity index (χ2v) is 6.22. The summed E-state index contributed by atoms with van der Waals surface area (Å²) in [6.45, 7) is 0.584. The Morgan fingerprint density at radius 3 is 2.78 bits per heavy atom. The third-order valence-electron chi connectivity index (χ3n) is 2.36. The van der Waals surface area contributed by atoms with Gasteiger partial charge in [0.05, 0.1) is 9.35 Å². The summed E-state index contributed by atoms with van der Waals surface area (Å²) in [5.41, 5.74) is 6.78. The Morgan fingerprint density at radius 2 is 2.17 bits per heavy atom. The van der Waals surface area contributed by atoms with E-state index in [1.807, 2.05) is 12.1 Å². The van der Waals surface area contributed by atoms with E-state index in [1.54, 1.807) is 23.5 Å². The van der Waals surface area contributed by atoms with Gasteiger partial charge in [0.25, 0.3) is 0 Å². The highest BCUT2D eigenvalue weighted by Crippen LogP contribution is 2.24. The molecule has 0 saturated carbocycles. The minimum absolute atomic E-state index is 0.186. The molecular formula is C12H11BrN2O2S. The number of benzene rings is 1. The fourth-order valence-electron chi connectivity index (χ4n) is 1.52. The van der Waals surface area contributed by atoms with Crippen LogP contribution in [0, 0.1) is 0 Å². The molecule has 0 saturated heterocycles. The molecule has 0 radical (unpaired) electrons. The van der Waals surface area contributed by atoms with Gasteiger partial charge in [0.15, 0.2) is 0 Å². The standard InChI is InChI=1S/C12H11BrN2O2S/c13-11-4-2-8(18-11)6-15-10-3-1-7(14)5-9(10)12(16)17/h1-5,15H,6,14H2,(H,16,17). The molecule has 0 amide bonds. The summed E-state index contributed by atoms with van der Waals surface area (Å²) in [4.78, 5) is 12.2. The van der Waals surface area contributed by atoms with Gasteiger partial charge in [0, 0.05) is 22.8 Å². The summed E-state index contributed by atoms with van der Waals surface area (Å²) in [7, 11) is 0. The van der Waals surface area contributed by atoms with Gasteiger partial charge in [-0.15, -0.1) is 11.3 Å². The molecule has 0 aliphatic rings. The summed E-state index contributed by atoms with van der Waals surface area (Å²) >= 11 is 4.99. The Kier molecular flexibility index (Phi) is 3.88. The van der Waals surface area contributed by atoms with Crippen molar-refractivity contribution in [3.8, 4) is 0 Å². The van der Waals surface area contributed by atoms with E-state index in [4.69, 9.17) is 10.8 Å². The molecule has 4 nitrogen and oxygen atoms in total. The van der Waals surface area contributed by atoms with Crippen LogP contribution in [-0.4, -0.2) is 11.1 Å². The first-order chi connectivity index (χ1) is 8.56. The lowest BCUT2D eigenvalue weighted by Crippen LogP contribution is -2.06. The Bertz CT molecular complexity index is 583. The average molecular weight is 327 g/mol.